The third kappa shape index (κ3) is 37.9. The molecule has 0 aliphatic carbocycles. The van der Waals surface area contributed by atoms with E-state index in [9.17, 15) is 19.8 Å². The van der Waals surface area contributed by atoms with Crippen LogP contribution in [0.15, 0.2) is 24.3 Å². The highest BCUT2D eigenvalue weighted by atomic mass is 16.5. The summed E-state index contributed by atoms with van der Waals surface area (Å²) in [5.41, 5.74) is 0. The maximum absolute atomic E-state index is 12.3. The second-order valence-corrected chi connectivity index (χ2v) is 15.0. The highest BCUT2D eigenvalue weighted by Gasteiger charge is 2.17. The number of carbonyl (C=O) groups is 2. The summed E-state index contributed by atoms with van der Waals surface area (Å²) in [5, 5.41) is 22.9. The summed E-state index contributed by atoms with van der Waals surface area (Å²) in [4.78, 5) is 24.3. The fourth-order valence-electron chi connectivity index (χ4n) is 6.52. The van der Waals surface area contributed by atoms with Gasteiger partial charge < -0.3 is 20.3 Å². The summed E-state index contributed by atoms with van der Waals surface area (Å²) in [6, 6.07) is -0.663. The number of esters is 1. The Bertz CT molecular complexity index is 797. The van der Waals surface area contributed by atoms with Crippen molar-refractivity contribution in [3.8, 4) is 0 Å². The summed E-state index contributed by atoms with van der Waals surface area (Å²) in [7, 11) is 0. The molecule has 300 valence electrons. The molecule has 51 heavy (non-hydrogen) atoms. The smallest absolute Gasteiger partial charge is 0.305 e. The van der Waals surface area contributed by atoms with Gasteiger partial charge >= 0.3 is 5.97 Å². The quantitative estimate of drug-likeness (QED) is 0.0333. The van der Waals surface area contributed by atoms with Gasteiger partial charge in [0.05, 0.1) is 25.4 Å². The van der Waals surface area contributed by atoms with E-state index >= 15 is 0 Å². The standard InChI is InChI=1S/C45H85NO5/c1-3-5-7-9-11-13-15-17-18-21-25-29-33-37-43(48)42(41-47)46-44(49)38-34-30-26-22-20-24-28-32-36-40-51-45(50)39-35-31-27-23-19-16-14-12-10-8-6-4-2/h22,26,33,37,42-43,47-48H,3-21,23-25,27-32,34-36,38-41H2,1-2H3,(H,46,49)/b26-22-,37-33+. The number of rotatable bonds is 40. The van der Waals surface area contributed by atoms with Gasteiger partial charge in [0.25, 0.3) is 0 Å². The van der Waals surface area contributed by atoms with Gasteiger partial charge in [-0.3, -0.25) is 9.59 Å². The van der Waals surface area contributed by atoms with Gasteiger partial charge in [0.2, 0.25) is 5.91 Å². The number of aliphatic hydroxyl groups excluding tert-OH is 2. The van der Waals surface area contributed by atoms with Crippen molar-refractivity contribution in [1.29, 1.82) is 0 Å². The summed E-state index contributed by atoms with van der Waals surface area (Å²) < 4.78 is 5.41. The molecule has 0 saturated carbocycles. The fraction of sp³-hybridized carbons (Fsp3) is 0.867. The largest absolute Gasteiger partial charge is 0.466 e. The molecule has 0 radical (unpaired) electrons. The molecule has 1 amide bonds. The minimum Gasteiger partial charge on any atom is -0.466 e. The van der Waals surface area contributed by atoms with Crippen molar-refractivity contribution in [2.24, 2.45) is 0 Å². The first kappa shape index (κ1) is 49.3. The minimum atomic E-state index is -0.873. The van der Waals surface area contributed by atoms with Crippen LogP contribution in [0.25, 0.3) is 0 Å². The molecule has 0 bridgehead atoms. The van der Waals surface area contributed by atoms with Gasteiger partial charge in [0.1, 0.15) is 0 Å². The molecule has 0 fully saturated rings. The Morgan fingerprint density at radius 3 is 1.43 bits per heavy atom. The minimum absolute atomic E-state index is 0.0383. The van der Waals surface area contributed by atoms with Crippen molar-refractivity contribution >= 4 is 11.9 Å². The van der Waals surface area contributed by atoms with E-state index in [0.29, 0.717) is 19.4 Å². The van der Waals surface area contributed by atoms with E-state index in [0.717, 1.165) is 70.6 Å². The number of nitrogens with one attached hydrogen (secondary N) is 1. The van der Waals surface area contributed by atoms with Crippen LogP contribution in [-0.4, -0.2) is 47.4 Å². The Morgan fingerprint density at radius 1 is 0.529 bits per heavy atom. The number of ether oxygens (including phenoxy) is 1. The van der Waals surface area contributed by atoms with Crippen molar-refractivity contribution in [3.05, 3.63) is 24.3 Å². The molecule has 6 heteroatoms. The second-order valence-electron chi connectivity index (χ2n) is 15.0. The third-order valence-corrected chi connectivity index (χ3v) is 9.97. The van der Waals surface area contributed by atoms with Gasteiger partial charge in [-0.15, -0.1) is 0 Å². The molecule has 0 aromatic carbocycles. The van der Waals surface area contributed by atoms with Crippen LogP contribution in [0.5, 0.6) is 0 Å². The van der Waals surface area contributed by atoms with Crippen molar-refractivity contribution in [3.63, 3.8) is 0 Å². The van der Waals surface area contributed by atoms with Crippen molar-refractivity contribution in [1.82, 2.24) is 5.32 Å². The number of carbonyl (C=O) groups excluding carboxylic acids is 2. The van der Waals surface area contributed by atoms with Gasteiger partial charge in [-0.25, -0.2) is 0 Å². The van der Waals surface area contributed by atoms with E-state index in [1.807, 2.05) is 6.08 Å². The average molecular weight is 720 g/mol. The van der Waals surface area contributed by atoms with E-state index < -0.39 is 12.1 Å². The lowest BCUT2D eigenvalue weighted by Crippen LogP contribution is -2.45. The summed E-state index contributed by atoms with van der Waals surface area (Å²) in [5.74, 6) is -0.168. The van der Waals surface area contributed by atoms with Gasteiger partial charge in [-0.05, 0) is 51.4 Å². The first-order valence-corrected chi connectivity index (χ1v) is 22.1. The summed E-state index contributed by atoms with van der Waals surface area (Å²) in [6.07, 6.45) is 45.9. The molecular weight excluding hydrogens is 634 g/mol. The van der Waals surface area contributed by atoms with E-state index in [1.165, 1.54) is 128 Å². The SMILES string of the molecule is CCCCCCCCCCCCC/C=C/C(O)C(CO)NC(=O)CCC/C=C\CCCCCCOC(=O)CCCCCCCCCCCCCC. The Hall–Kier alpha value is -1.66. The number of hydrogen-bond acceptors (Lipinski definition) is 5. The maximum atomic E-state index is 12.3. The molecule has 0 saturated heterocycles. The molecule has 0 aromatic rings. The molecule has 2 unspecified atom stereocenters. The highest BCUT2D eigenvalue weighted by molar-refractivity contribution is 5.76. The van der Waals surface area contributed by atoms with Crippen molar-refractivity contribution in [2.45, 2.75) is 238 Å². The monoisotopic (exact) mass is 720 g/mol. The lowest BCUT2D eigenvalue weighted by Gasteiger charge is -2.19. The number of aliphatic hydroxyl groups is 2. The van der Waals surface area contributed by atoms with Gasteiger partial charge in [0.15, 0.2) is 0 Å². The van der Waals surface area contributed by atoms with Crippen molar-refractivity contribution in [2.75, 3.05) is 13.2 Å². The van der Waals surface area contributed by atoms with Crippen molar-refractivity contribution < 1.29 is 24.5 Å². The zero-order valence-electron chi connectivity index (χ0n) is 33.8. The predicted molar refractivity (Wildman–Crippen MR) is 218 cm³/mol. The predicted octanol–water partition coefficient (Wildman–Crippen LogP) is 12.4. The molecule has 0 spiro atoms. The molecule has 0 aliphatic rings. The van der Waals surface area contributed by atoms with E-state index in [1.54, 1.807) is 6.08 Å². The molecule has 0 rings (SSSR count). The number of amides is 1. The van der Waals surface area contributed by atoms with Crippen LogP contribution < -0.4 is 5.32 Å². The zero-order chi connectivity index (χ0) is 37.3. The zero-order valence-corrected chi connectivity index (χ0v) is 33.8. The van der Waals surface area contributed by atoms with Crippen LogP contribution in [0.2, 0.25) is 0 Å². The third-order valence-electron chi connectivity index (χ3n) is 9.97. The lowest BCUT2D eigenvalue weighted by atomic mass is 10.0. The fourth-order valence-corrected chi connectivity index (χ4v) is 6.52. The maximum Gasteiger partial charge on any atom is 0.305 e. The highest BCUT2D eigenvalue weighted by Crippen LogP contribution is 2.14. The van der Waals surface area contributed by atoms with Crippen LogP contribution in [0.3, 0.4) is 0 Å². The Labute approximate surface area is 316 Å². The molecular formula is C45H85NO5. The van der Waals surface area contributed by atoms with Crippen LogP contribution in [-0.2, 0) is 14.3 Å². The molecule has 0 heterocycles. The normalized spacial score (nSPS) is 12.9. The Kier molecular flexibility index (Phi) is 39.8. The number of unbranched alkanes of at least 4 members (excludes halogenated alkanes) is 27. The van der Waals surface area contributed by atoms with Gasteiger partial charge in [0, 0.05) is 12.8 Å². The lowest BCUT2D eigenvalue weighted by molar-refractivity contribution is -0.143. The molecule has 0 aromatic heterocycles. The topological polar surface area (TPSA) is 95.9 Å². The van der Waals surface area contributed by atoms with E-state index in [4.69, 9.17) is 4.74 Å². The number of hydrogen-bond donors (Lipinski definition) is 3. The summed E-state index contributed by atoms with van der Waals surface area (Å²) in [6.45, 7) is 4.79. The van der Waals surface area contributed by atoms with Gasteiger partial charge in [-0.2, -0.15) is 0 Å². The van der Waals surface area contributed by atoms with Crippen LogP contribution in [0.1, 0.15) is 226 Å². The summed E-state index contributed by atoms with van der Waals surface area (Å²) >= 11 is 0. The van der Waals surface area contributed by atoms with Gasteiger partial charge in [-0.1, -0.05) is 186 Å². The molecule has 2 atom stereocenters. The molecule has 0 aliphatic heterocycles. The first-order chi connectivity index (χ1) is 25.0. The Morgan fingerprint density at radius 2 is 0.941 bits per heavy atom. The number of allylic oxidation sites excluding steroid dienone is 3. The Balaban J connectivity index is 3.61. The van der Waals surface area contributed by atoms with E-state index in [2.05, 4.69) is 31.3 Å². The van der Waals surface area contributed by atoms with Crippen LogP contribution >= 0.6 is 0 Å². The van der Waals surface area contributed by atoms with Crippen LogP contribution in [0, 0.1) is 0 Å². The van der Waals surface area contributed by atoms with E-state index in [-0.39, 0.29) is 18.5 Å². The first-order valence-electron chi connectivity index (χ1n) is 22.1. The second kappa shape index (κ2) is 41.1. The average Bonchev–Trinajstić information content (AvgIpc) is 3.13. The molecule has 6 nitrogen and oxygen atoms in total. The van der Waals surface area contributed by atoms with Crippen LogP contribution in [0.4, 0.5) is 0 Å². The molecule has 3 N–H and O–H groups in total.